The predicted octanol–water partition coefficient (Wildman–Crippen LogP) is 3.67. The third kappa shape index (κ3) is 2.01. The van der Waals surface area contributed by atoms with Gasteiger partial charge < -0.3 is 5.32 Å². The maximum Gasteiger partial charge on any atom is 0.134 e. The van der Waals surface area contributed by atoms with Crippen LogP contribution in [0.15, 0.2) is 24.4 Å². The van der Waals surface area contributed by atoms with Gasteiger partial charge in [-0.3, -0.25) is 0 Å². The minimum atomic E-state index is 0.402. The molecule has 0 atom stereocenters. The van der Waals surface area contributed by atoms with Gasteiger partial charge in [-0.15, -0.1) is 0 Å². The number of nitrogens with one attached hydrogen (secondary N) is 1. The van der Waals surface area contributed by atoms with E-state index in [1.165, 1.54) is 21.9 Å². The van der Waals surface area contributed by atoms with E-state index < -0.39 is 0 Å². The second-order valence-corrected chi connectivity index (χ2v) is 4.64. The first-order chi connectivity index (χ1) is 7.58. The van der Waals surface area contributed by atoms with E-state index in [9.17, 15) is 0 Å². The fraction of sp³-hybridized carbons (Fsp3) is 0.357. The zero-order valence-corrected chi connectivity index (χ0v) is 10.3. The SMILES string of the molecule is Cc1cc(C)c2ccnc(NC(C)C)c2c1. The van der Waals surface area contributed by atoms with Crippen molar-refractivity contribution >= 4 is 16.6 Å². The van der Waals surface area contributed by atoms with Gasteiger partial charge in [-0.05, 0) is 50.8 Å². The number of hydrogen-bond acceptors (Lipinski definition) is 2. The Kier molecular flexibility index (Phi) is 2.82. The lowest BCUT2D eigenvalue weighted by molar-refractivity contribution is 0.892. The molecule has 0 aliphatic carbocycles. The van der Waals surface area contributed by atoms with Gasteiger partial charge in [0.05, 0.1) is 0 Å². The number of benzene rings is 1. The van der Waals surface area contributed by atoms with E-state index in [1.54, 1.807) is 0 Å². The minimum Gasteiger partial charge on any atom is -0.367 e. The monoisotopic (exact) mass is 214 g/mol. The lowest BCUT2D eigenvalue weighted by atomic mass is 10.0. The van der Waals surface area contributed by atoms with Gasteiger partial charge in [-0.2, -0.15) is 0 Å². The van der Waals surface area contributed by atoms with Gasteiger partial charge in [0, 0.05) is 17.6 Å². The van der Waals surface area contributed by atoms with Gasteiger partial charge >= 0.3 is 0 Å². The third-order valence-corrected chi connectivity index (χ3v) is 2.66. The fourth-order valence-corrected chi connectivity index (χ4v) is 2.04. The number of aromatic nitrogens is 1. The van der Waals surface area contributed by atoms with Crippen LogP contribution in [0.2, 0.25) is 0 Å². The molecule has 84 valence electrons. The van der Waals surface area contributed by atoms with Gasteiger partial charge in [-0.25, -0.2) is 4.98 Å². The van der Waals surface area contributed by atoms with Crippen LogP contribution in [0.3, 0.4) is 0 Å². The van der Waals surface area contributed by atoms with E-state index >= 15 is 0 Å². The van der Waals surface area contributed by atoms with Gasteiger partial charge in [0.2, 0.25) is 0 Å². The maximum atomic E-state index is 4.42. The number of fused-ring (bicyclic) bond motifs is 1. The van der Waals surface area contributed by atoms with E-state index in [2.05, 4.69) is 56.2 Å². The zero-order valence-electron chi connectivity index (χ0n) is 10.3. The molecule has 2 aromatic rings. The summed E-state index contributed by atoms with van der Waals surface area (Å²) in [6.07, 6.45) is 1.87. The molecule has 2 nitrogen and oxygen atoms in total. The van der Waals surface area contributed by atoms with Crippen LogP contribution >= 0.6 is 0 Å². The first-order valence-electron chi connectivity index (χ1n) is 5.70. The summed E-state index contributed by atoms with van der Waals surface area (Å²) in [5, 5.41) is 5.89. The normalized spacial score (nSPS) is 11.1. The molecule has 1 heterocycles. The summed E-state index contributed by atoms with van der Waals surface area (Å²) in [4.78, 5) is 4.42. The molecule has 1 aromatic heterocycles. The van der Waals surface area contributed by atoms with Crippen LogP contribution in [-0.4, -0.2) is 11.0 Å². The standard InChI is InChI=1S/C14H18N2/c1-9(2)16-14-13-8-10(3)7-11(4)12(13)5-6-15-14/h5-9H,1-4H3,(H,15,16). The number of aryl methyl sites for hydroxylation is 2. The third-order valence-electron chi connectivity index (χ3n) is 2.66. The number of anilines is 1. The summed E-state index contributed by atoms with van der Waals surface area (Å²) in [6.45, 7) is 8.53. The molecule has 0 aliphatic heterocycles. The van der Waals surface area contributed by atoms with E-state index in [1.807, 2.05) is 6.20 Å². The van der Waals surface area contributed by atoms with Crippen molar-refractivity contribution in [2.45, 2.75) is 33.7 Å². The summed E-state index contributed by atoms with van der Waals surface area (Å²) in [5.74, 6) is 0.985. The number of nitrogens with zero attached hydrogens (tertiary/aromatic N) is 1. The van der Waals surface area contributed by atoms with Crippen LogP contribution in [0, 0.1) is 13.8 Å². The first kappa shape index (κ1) is 10.9. The van der Waals surface area contributed by atoms with E-state index in [4.69, 9.17) is 0 Å². The van der Waals surface area contributed by atoms with Crippen molar-refractivity contribution in [2.24, 2.45) is 0 Å². The minimum absolute atomic E-state index is 0.402. The van der Waals surface area contributed by atoms with Gasteiger partial charge in [0.1, 0.15) is 5.82 Å². The molecule has 16 heavy (non-hydrogen) atoms. The molecule has 2 rings (SSSR count). The maximum absolute atomic E-state index is 4.42. The molecule has 0 aliphatic rings. The van der Waals surface area contributed by atoms with Crippen molar-refractivity contribution in [2.75, 3.05) is 5.32 Å². The second-order valence-electron chi connectivity index (χ2n) is 4.64. The molecule has 0 spiro atoms. The molecule has 0 fully saturated rings. The Balaban J connectivity index is 2.66. The van der Waals surface area contributed by atoms with Crippen molar-refractivity contribution in [1.29, 1.82) is 0 Å². The van der Waals surface area contributed by atoms with Crippen LogP contribution in [-0.2, 0) is 0 Å². The zero-order chi connectivity index (χ0) is 11.7. The fourth-order valence-electron chi connectivity index (χ4n) is 2.04. The summed E-state index contributed by atoms with van der Waals surface area (Å²) >= 11 is 0. The van der Waals surface area contributed by atoms with E-state index in [-0.39, 0.29) is 0 Å². The van der Waals surface area contributed by atoms with Crippen LogP contribution in [0.1, 0.15) is 25.0 Å². The second kappa shape index (κ2) is 4.12. The Morgan fingerprint density at radius 3 is 2.56 bits per heavy atom. The van der Waals surface area contributed by atoms with Crippen LogP contribution in [0.4, 0.5) is 5.82 Å². The lowest BCUT2D eigenvalue weighted by Gasteiger charge is -2.13. The molecule has 2 heteroatoms. The molecule has 0 amide bonds. The van der Waals surface area contributed by atoms with E-state index in [0.29, 0.717) is 6.04 Å². The summed E-state index contributed by atoms with van der Waals surface area (Å²) < 4.78 is 0. The Labute approximate surface area is 96.7 Å². The van der Waals surface area contributed by atoms with Crippen molar-refractivity contribution in [3.05, 3.63) is 35.5 Å². The highest BCUT2D eigenvalue weighted by atomic mass is 15.0. The summed E-state index contributed by atoms with van der Waals surface area (Å²) in [6, 6.07) is 6.89. The highest BCUT2D eigenvalue weighted by Crippen LogP contribution is 2.25. The number of rotatable bonds is 2. The molecular weight excluding hydrogens is 196 g/mol. The Morgan fingerprint density at radius 1 is 1.12 bits per heavy atom. The summed E-state index contributed by atoms with van der Waals surface area (Å²) in [5.41, 5.74) is 2.59. The predicted molar refractivity (Wildman–Crippen MR) is 70.0 cm³/mol. The highest BCUT2D eigenvalue weighted by molar-refractivity contribution is 5.94. The largest absolute Gasteiger partial charge is 0.367 e. The van der Waals surface area contributed by atoms with E-state index in [0.717, 1.165) is 5.82 Å². The van der Waals surface area contributed by atoms with Gasteiger partial charge in [0.15, 0.2) is 0 Å². The Morgan fingerprint density at radius 2 is 1.88 bits per heavy atom. The van der Waals surface area contributed by atoms with Crippen molar-refractivity contribution < 1.29 is 0 Å². The van der Waals surface area contributed by atoms with Crippen molar-refractivity contribution in [3.63, 3.8) is 0 Å². The van der Waals surface area contributed by atoms with Gasteiger partial charge in [0.25, 0.3) is 0 Å². The molecular formula is C14H18N2. The number of hydrogen-bond donors (Lipinski definition) is 1. The van der Waals surface area contributed by atoms with Crippen molar-refractivity contribution in [3.8, 4) is 0 Å². The van der Waals surface area contributed by atoms with Gasteiger partial charge in [-0.1, -0.05) is 11.6 Å². The topological polar surface area (TPSA) is 24.9 Å². The quantitative estimate of drug-likeness (QED) is 0.825. The Bertz CT molecular complexity index is 515. The smallest absolute Gasteiger partial charge is 0.134 e. The highest BCUT2D eigenvalue weighted by Gasteiger charge is 2.05. The average molecular weight is 214 g/mol. The number of pyridine rings is 1. The molecule has 1 N–H and O–H groups in total. The molecule has 0 bridgehead atoms. The molecule has 0 unspecified atom stereocenters. The molecule has 1 aromatic carbocycles. The molecule has 0 saturated heterocycles. The van der Waals surface area contributed by atoms with Crippen molar-refractivity contribution in [1.82, 2.24) is 4.98 Å². The lowest BCUT2D eigenvalue weighted by Crippen LogP contribution is -2.11. The van der Waals surface area contributed by atoms with Crippen LogP contribution in [0.25, 0.3) is 10.8 Å². The average Bonchev–Trinajstić information content (AvgIpc) is 2.18. The molecule has 0 radical (unpaired) electrons. The molecule has 0 saturated carbocycles. The summed E-state index contributed by atoms with van der Waals surface area (Å²) in [7, 11) is 0. The Hall–Kier alpha value is -1.57. The van der Waals surface area contributed by atoms with Crippen LogP contribution < -0.4 is 5.32 Å². The first-order valence-corrected chi connectivity index (χ1v) is 5.70. The van der Waals surface area contributed by atoms with Crippen LogP contribution in [0.5, 0.6) is 0 Å².